The number of anilines is 1. The summed E-state index contributed by atoms with van der Waals surface area (Å²) < 4.78 is 0. The average Bonchev–Trinajstić information content (AvgIpc) is 2.74. The van der Waals surface area contributed by atoms with Crippen molar-refractivity contribution in [1.82, 2.24) is 24.8 Å². The summed E-state index contributed by atoms with van der Waals surface area (Å²) >= 11 is 0. The quantitative estimate of drug-likeness (QED) is 0.702. The lowest BCUT2D eigenvalue weighted by molar-refractivity contribution is -0.137. The van der Waals surface area contributed by atoms with Gasteiger partial charge in [-0.2, -0.15) is 0 Å². The number of piperazine rings is 1. The fourth-order valence-electron chi connectivity index (χ4n) is 3.77. The van der Waals surface area contributed by atoms with E-state index >= 15 is 0 Å². The number of carbonyl (C=O) groups is 2. The maximum Gasteiger partial charge on any atom is 0.255 e. The molecule has 8 nitrogen and oxygen atoms in total. The van der Waals surface area contributed by atoms with E-state index in [1.165, 1.54) is 0 Å². The van der Waals surface area contributed by atoms with E-state index in [1.807, 2.05) is 26.0 Å². The van der Waals surface area contributed by atoms with Crippen LogP contribution in [0.3, 0.4) is 0 Å². The summed E-state index contributed by atoms with van der Waals surface area (Å²) in [4.78, 5) is 42.2. The van der Waals surface area contributed by atoms with Crippen LogP contribution in [0.15, 0.2) is 30.6 Å². The number of likely N-dealkylation sites (N-methyl/N-ethyl adjacent to an activating group) is 1. The Labute approximate surface area is 174 Å². The minimum Gasteiger partial charge on any atom is -0.368 e. The number of aromatic nitrogens is 3. The fourth-order valence-corrected chi connectivity index (χ4v) is 3.77. The van der Waals surface area contributed by atoms with E-state index in [-0.39, 0.29) is 17.8 Å². The van der Waals surface area contributed by atoms with Crippen molar-refractivity contribution in [3.05, 3.63) is 47.3 Å². The van der Waals surface area contributed by atoms with Gasteiger partial charge >= 0.3 is 0 Å². The highest BCUT2D eigenvalue weighted by Gasteiger charge is 2.34. The highest BCUT2D eigenvalue weighted by molar-refractivity contribution is 6.09. The predicted molar refractivity (Wildman–Crippen MR) is 115 cm³/mol. The Morgan fingerprint density at radius 2 is 1.87 bits per heavy atom. The van der Waals surface area contributed by atoms with Crippen molar-refractivity contribution in [2.45, 2.75) is 26.8 Å². The number of benzene rings is 1. The summed E-state index contributed by atoms with van der Waals surface area (Å²) in [6, 6.07) is 5.14. The molecule has 4 rings (SSSR count). The summed E-state index contributed by atoms with van der Waals surface area (Å²) in [7, 11) is 1.76. The minimum absolute atomic E-state index is 0.0628. The van der Waals surface area contributed by atoms with Crippen LogP contribution in [0.25, 0.3) is 22.2 Å². The molecule has 2 N–H and O–H groups in total. The van der Waals surface area contributed by atoms with Crippen molar-refractivity contribution in [1.29, 1.82) is 0 Å². The molecule has 0 aliphatic carbocycles. The SMILES string of the molecule is Cc1ccc2c(C(=O)N3CCN(C)C(=O)[C@@H]3C)cc(-c3cnc(N)nc3)nc2c1C. The van der Waals surface area contributed by atoms with Crippen LogP contribution in [0.5, 0.6) is 0 Å². The first-order chi connectivity index (χ1) is 14.3. The van der Waals surface area contributed by atoms with E-state index in [2.05, 4.69) is 9.97 Å². The molecular formula is C22H24N6O2. The molecule has 0 spiro atoms. The Kier molecular flexibility index (Phi) is 4.85. The first-order valence-electron chi connectivity index (χ1n) is 9.82. The standard InChI is InChI=1S/C22H24N6O2/c1-12-5-6-16-17(21(30)28-8-7-27(4)20(29)14(28)3)9-18(26-19(16)13(12)2)15-10-24-22(23)25-11-15/h5-6,9-11,14H,7-8H2,1-4H3,(H2,23,24,25)/t14-/m0/s1. The van der Waals surface area contributed by atoms with Crippen molar-refractivity contribution in [3.8, 4) is 11.3 Å². The predicted octanol–water partition coefficient (Wildman–Crippen LogP) is 2.19. The molecule has 1 fully saturated rings. The fraction of sp³-hybridized carbons (Fsp3) is 0.318. The molecule has 2 aromatic heterocycles. The van der Waals surface area contributed by atoms with Gasteiger partial charge in [0.15, 0.2) is 0 Å². The maximum absolute atomic E-state index is 13.6. The third-order valence-electron chi connectivity index (χ3n) is 5.84. The van der Waals surface area contributed by atoms with Crippen molar-refractivity contribution >= 4 is 28.7 Å². The summed E-state index contributed by atoms with van der Waals surface area (Å²) in [5, 5.41) is 0.766. The third kappa shape index (κ3) is 3.24. The number of pyridine rings is 1. The van der Waals surface area contributed by atoms with Crippen LogP contribution in [0.4, 0.5) is 5.95 Å². The zero-order chi connectivity index (χ0) is 21.6. The summed E-state index contributed by atoms with van der Waals surface area (Å²) in [6.45, 7) is 6.76. The number of hydrogen-bond acceptors (Lipinski definition) is 6. The van der Waals surface area contributed by atoms with Gasteiger partial charge in [-0.25, -0.2) is 15.0 Å². The molecule has 0 saturated carbocycles. The van der Waals surface area contributed by atoms with Gasteiger partial charge in [-0.1, -0.05) is 12.1 Å². The lowest BCUT2D eigenvalue weighted by Crippen LogP contribution is -2.56. The van der Waals surface area contributed by atoms with Gasteiger partial charge in [0, 0.05) is 43.5 Å². The number of amides is 2. The first kappa shape index (κ1) is 19.8. The zero-order valence-electron chi connectivity index (χ0n) is 17.5. The number of hydrogen-bond donors (Lipinski definition) is 1. The Morgan fingerprint density at radius 1 is 1.17 bits per heavy atom. The molecule has 1 saturated heterocycles. The van der Waals surface area contributed by atoms with E-state index in [4.69, 9.17) is 10.7 Å². The molecule has 1 aliphatic heterocycles. The third-order valence-corrected chi connectivity index (χ3v) is 5.84. The van der Waals surface area contributed by atoms with Crippen LogP contribution in [0.2, 0.25) is 0 Å². The second-order valence-electron chi connectivity index (χ2n) is 7.72. The van der Waals surface area contributed by atoms with E-state index in [0.29, 0.717) is 29.9 Å². The number of nitrogens with two attached hydrogens (primary N) is 1. The first-order valence-corrected chi connectivity index (χ1v) is 9.82. The minimum atomic E-state index is -0.519. The lowest BCUT2D eigenvalue weighted by Gasteiger charge is -2.37. The number of aryl methyl sites for hydroxylation is 2. The van der Waals surface area contributed by atoms with E-state index in [9.17, 15) is 9.59 Å². The highest BCUT2D eigenvalue weighted by Crippen LogP contribution is 2.29. The summed E-state index contributed by atoms with van der Waals surface area (Å²) in [5.74, 6) is -0.0722. The van der Waals surface area contributed by atoms with Crippen molar-refractivity contribution < 1.29 is 9.59 Å². The van der Waals surface area contributed by atoms with E-state index in [0.717, 1.165) is 22.0 Å². The average molecular weight is 404 g/mol. The van der Waals surface area contributed by atoms with Crippen molar-refractivity contribution in [2.24, 2.45) is 0 Å². The molecular weight excluding hydrogens is 380 g/mol. The Bertz CT molecular complexity index is 1160. The molecule has 2 amide bonds. The van der Waals surface area contributed by atoms with E-state index in [1.54, 1.807) is 42.2 Å². The molecule has 30 heavy (non-hydrogen) atoms. The van der Waals surface area contributed by atoms with Crippen LogP contribution in [0, 0.1) is 13.8 Å². The number of nitrogens with zero attached hydrogens (tertiary/aromatic N) is 5. The molecule has 1 aromatic carbocycles. The Morgan fingerprint density at radius 3 is 2.57 bits per heavy atom. The van der Waals surface area contributed by atoms with E-state index < -0.39 is 6.04 Å². The monoisotopic (exact) mass is 404 g/mol. The molecule has 1 aliphatic rings. The summed E-state index contributed by atoms with van der Waals surface area (Å²) in [6.07, 6.45) is 3.19. The van der Waals surface area contributed by atoms with Gasteiger partial charge in [0.25, 0.3) is 5.91 Å². The maximum atomic E-state index is 13.6. The highest BCUT2D eigenvalue weighted by atomic mass is 16.2. The Hall–Kier alpha value is -3.55. The van der Waals surface area contributed by atoms with Crippen molar-refractivity contribution in [2.75, 3.05) is 25.9 Å². The van der Waals surface area contributed by atoms with Crippen LogP contribution in [-0.4, -0.2) is 62.7 Å². The van der Waals surface area contributed by atoms with Gasteiger partial charge < -0.3 is 15.5 Å². The van der Waals surface area contributed by atoms with Gasteiger partial charge in [-0.05, 0) is 38.0 Å². The van der Waals surface area contributed by atoms with Gasteiger partial charge in [-0.15, -0.1) is 0 Å². The largest absolute Gasteiger partial charge is 0.368 e. The molecule has 8 heteroatoms. The molecule has 3 aromatic rings. The number of nitrogen functional groups attached to an aromatic ring is 1. The second kappa shape index (κ2) is 7.37. The zero-order valence-corrected chi connectivity index (χ0v) is 17.5. The number of rotatable bonds is 2. The number of carbonyl (C=O) groups excluding carboxylic acids is 2. The molecule has 0 bridgehead atoms. The van der Waals surface area contributed by atoms with Crippen LogP contribution < -0.4 is 5.73 Å². The van der Waals surface area contributed by atoms with Crippen LogP contribution in [-0.2, 0) is 4.79 Å². The topological polar surface area (TPSA) is 105 Å². The smallest absolute Gasteiger partial charge is 0.255 e. The van der Waals surface area contributed by atoms with Crippen molar-refractivity contribution in [3.63, 3.8) is 0 Å². The molecule has 0 unspecified atom stereocenters. The lowest BCUT2D eigenvalue weighted by atomic mass is 9.98. The van der Waals surface area contributed by atoms with Gasteiger partial charge in [0.1, 0.15) is 6.04 Å². The van der Waals surface area contributed by atoms with Crippen LogP contribution in [0.1, 0.15) is 28.4 Å². The van der Waals surface area contributed by atoms with Gasteiger partial charge in [0.05, 0.1) is 16.8 Å². The molecule has 1 atom stereocenters. The Balaban J connectivity index is 1.89. The number of fused-ring (bicyclic) bond motifs is 1. The normalized spacial score (nSPS) is 16.9. The second-order valence-corrected chi connectivity index (χ2v) is 7.72. The molecule has 154 valence electrons. The van der Waals surface area contributed by atoms with Gasteiger partial charge in [-0.3, -0.25) is 9.59 Å². The summed E-state index contributed by atoms with van der Waals surface area (Å²) in [5.41, 5.74) is 10.2. The van der Waals surface area contributed by atoms with Gasteiger partial charge in [0.2, 0.25) is 11.9 Å². The molecule has 3 heterocycles. The molecule has 0 radical (unpaired) electrons. The van der Waals surface area contributed by atoms with Crippen LogP contribution >= 0.6 is 0 Å².